The van der Waals surface area contributed by atoms with Crippen molar-refractivity contribution in [3.05, 3.63) is 29.8 Å². The predicted octanol–water partition coefficient (Wildman–Crippen LogP) is 2.41. The number of hydrogen-bond donors (Lipinski definition) is 2. The molecule has 1 aromatic rings. The molecule has 0 saturated carbocycles. The molecule has 2 N–H and O–H groups in total. The lowest BCUT2D eigenvalue weighted by Crippen LogP contribution is -2.29. The molecule has 2 heteroatoms. The van der Waals surface area contributed by atoms with Gasteiger partial charge in [-0.15, -0.1) is 0 Å². The summed E-state index contributed by atoms with van der Waals surface area (Å²) in [5.41, 5.74) is 2.66. The quantitative estimate of drug-likeness (QED) is 0.787. The summed E-state index contributed by atoms with van der Waals surface area (Å²) in [7, 11) is 0. The van der Waals surface area contributed by atoms with E-state index < -0.39 is 0 Å². The first-order valence-electron chi connectivity index (χ1n) is 5.94. The third-order valence-corrected chi connectivity index (χ3v) is 3.05. The number of anilines is 1. The molecule has 1 atom stereocenters. The van der Waals surface area contributed by atoms with Crippen molar-refractivity contribution >= 4 is 5.69 Å². The maximum atomic E-state index is 3.50. The summed E-state index contributed by atoms with van der Waals surface area (Å²) in [5, 5.41) is 6.99. The first-order chi connectivity index (χ1) is 7.38. The maximum Gasteiger partial charge on any atom is 0.0343 e. The van der Waals surface area contributed by atoms with Crippen molar-refractivity contribution in [2.45, 2.75) is 32.2 Å². The summed E-state index contributed by atoms with van der Waals surface area (Å²) in [6.07, 6.45) is 3.74. The normalized spacial score (nSPS) is 20.5. The second kappa shape index (κ2) is 5.17. The summed E-state index contributed by atoms with van der Waals surface area (Å²) in [4.78, 5) is 0. The van der Waals surface area contributed by atoms with Gasteiger partial charge < -0.3 is 10.6 Å². The zero-order chi connectivity index (χ0) is 10.5. The van der Waals surface area contributed by atoms with Crippen LogP contribution in [-0.2, 0) is 6.42 Å². The van der Waals surface area contributed by atoms with Crippen LogP contribution in [0.5, 0.6) is 0 Å². The fourth-order valence-corrected chi connectivity index (χ4v) is 2.07. The molecule has 0 aromatic heterocycles. The topological polar surface area (TPSA) is 24.1 Å². The van der Waals surface area contributed by atoms with E-state index in [1.807, 2.05) is 0 Å². The van der Waals surface area contributed by atoms with Gasteiger partial charge in [0.1, 0.15) is 0 Å². The Kier molecular flexibility index (Phi) is 3.62. The van der Waals surface area contributed by atoms with Gasteiger partial charge in [-0.25, -0.2) is 0 Å². The second-order valence-electron chi connectivity index (χ2n) is 4.23. The minimum Gasteiger partial charge on any atom is -0.383 e. The number of benzene rings is 1. The zero-order valence-electron chi connectivity index (χ0n) is 9.42. The van der Waals surface area contributed by atoms with Crippen LogP contribution in [0.2, 0.25) is 0 Å². The molecular formula is C13H20N2. The van der Waals surface area contributed by atoms with E-state index in [0.717, 1.165) is 13.0 Å². The van der Waals surface area contributed by atoms with Gasteiger partial charge in [-0.3, -0.25) is 0 Å². The van der Waals surface area contributed by atoms with Gasteiger partial charge in [0.25, 0.3) is 0 Å². The predicted molar refractivity (Wildman–Crippen MR) is 65.3 cm³/mol. The van der Waals surface area contributed by atoms with Crippen LogP contribution in [0.4, 0.5) is 5.69 Å². The fraction of sp³-hybridized carbons (Fsp3) is 0.538. The van der Waals surface area contributed by atoms with Gasteiger partial charge in [-0.2, -0.15) is 0 Å². The Labute approximate surface area is 92.1 Å². The minimum atomic E-state index is 0.662. The van der Waals surface area contributed by atoms with E-state index in [4.69, 9.17) is 0 Å². The molecule has 1 aliphatic rings. The number of aryl methyl sites for hydroxylation is 1. The highest BCUT2D eigenvalue weighted by Crippen LogP contribution is 2.12. The van der Waals surface area contributed by atoms with E-state index >= 15 is 0 Å². The standard InChI is InChI=1S/C13H20N2/c1-2-11-5-3-6-12(9-11)15-10-13-7-4-8-14-13/h3,5-6,9,13-15H,2,4,7-8,10H2,1H3. The highest BCUT2D eigenvalue weighted by Gasteiger charge is 2.12. The Hall–Kier alpha value is -1.02. The Balaban J connectivity index is 1.86. The van der Waals surface area contributed by atoms with Crippen LogP contribution in [0, 0.1) is 0 Å². The maximum absolute atomic E-state index is 3.50. The van der Waals surface area contributed by atoms with Crippen molar-refractivity contribution in [1.82, 2.24) is 5.32 Å². The van der Waals surface area contributed by atoms with Crippen molar-refractivity contribution in [2.24, 2.45) is 0 Å². The molecule has 2 nitrogen and oxygen atoms in total. The van der Waals surface area contributed by atoms with E-state index in [1.165, 1.54) is 30.6 Å². The van der Waals surface area contributed by atoms with Crippen LogP contribution < -0.4 is 10.6 Å². The lowest BCUT2D eigenvalue weighted by Gasteiger charge is -2.13. The molecule has 15 heavy (non-hydrogen) atoms. The first-order valence-corrected chi connectivity index (χ1v) is 5.94. The molecule has 0 aliphatic carbocycles. The molecule has 0 bridgehead atoms. The van der Waals surface area contributed by atoms with Crippen molar-refractivity contribution < 1.29 is 0 Å². The van der Waals surface area contributed by atoms with E-state index in [1.54, 1.807) is 0 Å². The van der Waals surface area contributed by atoms with E-state index in [0.29, 0.717) is 6.04 Å². The van der Waals surface area contributed by atoms with Crippen molar-refractivity contribution in [3.8, 4) is 0 Å². The van der Waals surface area contributed by atoms with Gasteiger partial charge in [0.2, 0.25) is 0 Å². The molecule has 1 unspecified atom stereocenters. The van der Waals surface area contributed by atoms with Crippen LogP contribution >= 0.6 is 0 Å². The molecule has 1 aromatic carbocycles. The van der Waals surface area contributed by atoms with E-state index in [-0.39, 0.29) is 0 Å². The Morgan fingerprint density at radius 3 is 3.13 bits per heavy atom. The number of hydrogen-bond acceptors (Lipinski definition) is 2. The summed E-state index contributed by atoms with van der Waals surface area (Å²) in [6, 6.07) is 9.36. The van der Waals surface area contributed by atoms with Gasteiger partial charge in [-0.1, -0.05) is 19.1 Å². The van der Waals surface area contributed by atoms with Crippen LogP contribution in [0.25, 0.3) is 0 Å². The lowest BCUT2D eigenvalue weighted by atomic mass is 10.1. The largest absolute Gasteiger partial charge is 0.383 e. The molecule has 2 rings (SSSR count). The van der Waals surface area contributed by atoms with Gasteiger partial charge in [0, 0.05) is 18.3 Å². The number of nitrogens with one attached hydrogen (secondary N) is 2. The van der Waals surface area contributed by atoms with Gasteiger partial charge in [0.05, 0.1) is 0 Å². The molecule has 0 amide bonds. The highest BCUT2D eigenvalue weighted by molar-refractivity contribution is 5.45. The molecule has 1 saturated heterocycles. The van der Waals surface area contributed by atoms with Crippen LogP contribution in [0.3, 0.4) is 0 Å². The lowest BCUT2D eigenvalue weighted by molar-refractivity contribution is 0.633. The molecule has 1 fully saturated rings. The molecule has 1 heterocycles. The summed E-state index contributed by atoms with van der Waals surface area (Å²) in [5.74, 6) is 0. The SMILES string of the molecule is CCc1cccc(NCC2CCCN2)c1. The Morgan fingerprint density at radius 2 is 2.40 bits per heavy atom. The van der Waals surface area contributed by atoms with Gasteiger partial charge in [-0.05, 0) is 43.5 Å². The van der Waals surface area contributed by atoms with Gasteiger partial charge >= 0.3 is 0 Å². The van der Waals surface area contributed by atoms with Crippen LogP contribution in [0.15, 0.2) is 24.3 Å². The average Bonchev–Trinajstić information content (AvgIpc) is 2.79. The molecule has 0 spiro atoms. The Morgan fingerprint density at radius 1 is 1.47 bits per heavy atom. The third kappa shape index (κ3) is 2.96. The molecule has 0 radical (unpaired) electrons. The van der Waals surface area contributed by atoms with E-state index in [9.17, 15) is 0 Å². The average molecular weight is 204 g/mol. The highest BCUT2D eigenvalue weighted by atomic mass is 15.0. The molecule has 82 valence electrons. The molecular weight excluding hydrogens is 184 g/mol. The van der Waals surface area contributed by atoms with Gasteiger partial charge in [0.15, 0.2) is 0 Å². The number of rotatable bonds is 4. The summed E-state index contributed by atoms with van der Waals surface area (Å²) < 4.78 is 0. The monoisotopic (exact) mass is 204 g/mol. The fourth-order valence-electron chi connectivity index (χ4n) is 2.07. The van der Waals surface area contributed by atoms with Crippen LogP contribution in [0.1, 0.15) is 25.3 Å². The van der Waals surface area contributed by atoms with Crippen molar-refractivity contribution in [3.63, 3.8) is 0 Å². The summed E-state index contributed by atoms with van der Waals surface area (Å²) in [6.45, 7) is 4.42. The molecule has 1 aliphatic heterocycles. The van der Waals surface area contributed by atoms with E-state index in [2.05, 4.69) is 41.8 Å². The summed E-state index contributed by atoms with van der Waals surface area (Å²) >= 11 is 0. The third-order valence-electron chi connectivity index (χ3n) is 3.05. The first kappa shape index (κ1) is 10.5. The Bertz CT molecular complexity index is 303. The smallest absolute Gasteiger partial charge is 0.0343 e. The minimum absolute atomic E-state index is 0.662. The second-order valence-corrected chi connectivity index (χ2v) is 4.23. The van der Waals surface area contributed by atoms with Crippen molar-refractivity contribution in [2.75, 3.05) is 18.4 Å². The van der Waals surface area contributed by atoms with Crippen molar-refractivity contribution in [1.29, 1.82) is 0 Å². The zero-order valence-corrected chi connectivity index (χ0v) is 9.42. The van der Waals surface area contributed by atoms with Crippen LogP contribution in [-0.4, -0.2) is 19.1 Å².